The van der Waals surface area contributed by atoms with E-state index < -0.39 is 0 Å². The zero-order valence-corrected chi connectivity index (χ0v) is 11.7. The van der Waals surface area contributed by atoms with Crippen LogP contribution in [0.25, 0.3) is 11.0 Å². The lowest BCUT2D eigenvalue weighted by Gasteiger charge is -2.33. The van der Waals surface area contributed by atoms with Gasteiger partial charge in [-0.05, 0) is 42.6 Å². The topological polar surface area (TPSA) is 29.9 Å². The molecule has 3 rings (SSSR count). The lowest BCUT2D eigenvalue weighted by molar-refractivity contribution is 0.0158. The first-order valence-electron chi connectivity index (χ1n) is 6.54. The first-order chi connectivity index (χ1) is 9.09. The van der Waals surface area contributed by atoms with E-state index in [2.05, 4.69) is 11.9 Å². The third-order valence-electron chi connectivity index (χ3n) is 4.00. The first kappa shape index (κ1) is 12.8. The number of halogens is 1. The molecule has 1 N–H and O–H groups in total. The predicted octanol–water partition coefficient (Wildman–Crippen LogP) is 3.65. The zero-order chi connectivity index (χ0) is 13.5. The van der Waals surface area contributed by atoms with Crippen molar-refractivity contribution in [2.24, 2.45) is 5.41 Å². The maximum atomic E-state index is 13.7. The Hall–Kier alpha value is -1.20. The Labute approximate surface area is 116 Å². The standard InChI is InChI=1S/C14H17FN2OS/c1-14(5-7-18-8-6-14)9-17-11-4-2-3-10(15)12(11)16-13(17)19/h2-4H,5-9H2,1H3,(H,16,19). The Kier molecular flexibility index (Phi) is 3.19. The molecular formula is C14H17FN2OS. The number of hydrogen-bond donors (Lipinski definition) is 1. The number of aromatic amines is 1. The molecule has 5 heteroatoms. The molecule has 102 valence electrons. The predicted molar refractivity (Wildman–Crippen MR) is 75.2 cm³/mol. The summed E-state index contributed by atoms with van der Waals surface area (Å²) in [6.07, 6.45) is 2.02. The van der Waals surface area contributed by atoms with Gasteiger partial charge in [0.1, 0.15) is 11.3 Å². The van der Waals surface area contributed by atoms with Gasteiger partial charge < -0.3 is 14.3 Å². The number of imidazole rings is 1. The quantitative estimate of drug-likeness (QED) is 0.851. The summed E-state index contributed by atoms with van der Waals surface area (Å²) in [5.41, 5.74) is 1.51. The highest BCUT2D eigenvalue weighted by molar-refractivity contribution is 7.71. The summed E-state index contributed by atoms with van der Waals surface area (Å²) in [6.45, 7) is 4.63. The van der Waals surface area contributed by atoms with Crippen LogP contribution >= 0.6 is 12.2 Å². The molecule has 19 heavy (non-hydrogen) atoms. The van der Waals surface area contributed by atoms with E-state index in [4.69, 9.17) is 17.0 Å². The van der Waals surface area contributed by atoms with Crippen molar-refractivity contribution in [3.8, 4) is 0 Å². The fourth-order valence-electron chi connectivity index (χ4n) is 2.71. The van der Waals surface area contributed by atoms with Crippen molar-refractivity contribution in [2.45, 2.75) is 26.3 Å². The third-order valence-corrected chi connectivity index (χ3v) is 4.32. The maximum Gasteiger partial charge on any atom is 0.178 e. The molecule has 1 aliphatic rings. The van der Waals surface area contributed by atoms with Crippen molar-refractivity contribution in [1.29, 1.82) is 0 Å². The van der Waals surface area contributed by atoms with E-state index in [0.29, 0.717) is 10.3 Å². The highest BCUT2D eigenvalue weighted by Gasteiger charge is 2.28. The Balaban J connectivity index is 2.03. The van der Waals surface area contributed by atoms with Gasteiger partial charge in [-0.25, -0.2) is 4.39 Å². The molecule has 0 atom stereocenters. The Bertz CT molecular complexity index is 655. The van der Waals surface area contributed by atoms with Crippen molar-refractivity contribution >= 4 is 23.3 Å². The summed E-state index contributed by atoms with van der Waals surface area (Å²) >= 11 is 5.34. The number of hydrogen-bond acceptors (Lipinski definition) is 2. The Morgan fingerprint density at radius 3 is 2.89 bits per heavy atom. The fourth-order valence-corrected chi connectivity index (χ4v) is 2.97. The van der Waals surface area contributed by atoms with E-state index in [-0.39, 0.29) is 11.2 Å². The van der Waals surface area contributed by atoms with Gasteiger partial charge in [0.25, 0.3) is 0 Å². The van der Waals surface area contributed by atoms with Crippen LogP contribution in [0.4, 0.5) is 4.39 Å². The van der Waals surface area contributed by atoms with Crippen molar-refractivity contribution in [2.75, 3.05) is 13.2 Å². The van der Waals surface area contributed by atoms with Crippen LogP contribution in [0, 0.1) is 16.0 Å². The second-order valence-electron chi connectivity index (χ2n) is 5.57. The molecule has 0 bridgehead atoms. The normalized spacial score (nSPS) is 18.8. The molecule has 1 aliphatic heterocycles. The summed E-state index contributed by atoms with van der Waals surface area (Å²) in [5.74, 6) is -0.250. The lowest BCUT2D eigenvalue weighted by atomic mass is 9.82. The molecule has 1 fully saturated rings. The lowest BCUT2D eigenvalue weighted by Crippen LogP contribution is -2.31. The van der Waals surface area contributed by atoms with E-state index in [1.807, 2.05) is 10.6 Å². The summed E-state index contributed by atoms with van der Waals surface area (Å²) in [6, 6.07) is 5.09. The van der Waals surface area contributed by atoms with E-state index in [0.717, 1.165) is 38.1 Å². The van der Waals surface area contributed by atoms with Crippen LogP contribution in [0.3, 0.4) is 0 Å². The molecule has 1 aromatic heterocycles. The Morgan fingerprint density at radius 2 is 2.16 bits per heavy atom. The molecule has 2 aromatic rings. The van der Waals surface area contributed by atoms with E-state index in [1.54, 1.807) is 6.07 Å². The largest absolute Gasteiger partial charge is 0.381 e. The SMILES string of the molecule is CC1(Cn2c(=S)[nH]c3c(F)cccc32)CCOCC1. The maximum absolute atomic E-state index is 13.7. The van der Waals surface area contributed by atoms with Crippen LogP contribution in [0.5, 0.6) is 0 Å². The van der Waals surface area contributed by atoms with Gasteiger partial charge in [0.2, 0.25) is 0 Å². The minimum Gasteiger partial charge on any atom is -0.381 e. The molecule has 0 aliphatic carbocycles. The van der Waals surface area contributed by atoms with Crippen LogP contribution < -0.4 is 0 Å². The van der Waals surface area contributed by atoms with Crippen molar-refractivity contribution in [3.05, 3.63) is 28.8 Å². The number of nitrogens with zero attached hydrogens (tertiary/aromatic N) is 1. The van der Waals surface area contributed by atoms with Gasteiger partial charge in [-0.2, -0.15) is 0 Å². The Morgan fingerprint density at radius 1 is 1.42 bits per heavy atom. The third kappa shape index (κ3) is 2.32. The monoisotopic (exact) mass is 280 g/mol. The number of rotatable bonds is 2. The van der Waals surface area contributed by atoms with Crippen molar-refractivity contribution in [1.82, 2.24) is 9.55 Å². The number of aromatic nitrogens is 2. The number of fused-ring (bicyclic) bond motifs is 1. The minimum atomic E-state index is -0.250. The van der Waals surface area contributed by atoms with Gasteiger partial charge in [-0.1, -0.05) is 13.0 Å². The summed E-state index contributed by atoms with van der Waals surface area (Å²) in [4.78, 5) is 2.97. The second-order valence-corrected chi connectivity index (χ2v) is 5.96. The highest BCUT2D eigenvalue weighted by atomic mass is 32.1. The molecule has 0 unspecified atom stereocenters. The average molecular weight is 280 g/mol. The first-order valence-corrected chi connectivity index (χ1v) is 6.95. The van der Waals surface area contributed by atoms with Gasteiger partial charge in [-0.3, -0.25) is 0 Å². The fraction of sp³-hybridized carbons (Fsp3) is 0.500. The molecule has 0 spiro atoms. The average Bonchev–Trinajstić information content (AvgIpc) is 2.69. The van der Waals surface area contributed by atoms with E-state index in [1.165, 1.54) is 6.07 Å². The number of ether oxygens (including phenoxy) is 1. The van der Waals surface area contributed by atoms with Crippen molar-refractivity contribution < 1.29 is 9.13 Å². The van der Waals surface area contributed by atoms with Gasteiger partial charge in [0, 0.05) is 19.8 Å². The van der Waals surface area contributed by atoms with Crippen LogP contribution in [0.2, 0.25) is 0 Å². The van der Waals surface area contributed by atoms with Crippen LogP contribution in [-0.4, -0.2) is 22.8 Å². The number of H-pyrrole nitrogens is 1. The van der Waals surface area contributed by atoms with Gasteiger partial charge in [0.05, 0.1) is 5.52 Å². The summed E-state index contributed by atoms with van der Waals surface area (Å²) < 4.78 is 21.8. The number of benzene rings is 1. The summed E-state index contributed by atoms with van der Waals surface area (Å²) in [7, 11) is 0. The molecule has 0 radical (unpaired) electrons. The molecule has 1 saturated heterocycles. The van der Waals surface area contributed by atoms with Gasteiger partial charge >= 0.3 is 0 Å². The molecule has 0 amide bonds. The summed E-state index contributed by atoms with van der Waals surface area (Å²) in [5, 5.41) is 0. The van der Waals surface area contributed by atoms with Crippen LogP contribution in [0.1, 0.15) is 19.8 Å². The molecule has 0 saturated carbocycles. The van der Waals surface area contributed by atoms with Crippen molar-refractivity contribution in [3.63, 3.8) is 0 Å². The molecular weight excluding hydrogens is 263 g/mol. The number of para-hydroxylation sites is 1. The van der Waals surface area contributed by atoms with Crippen LogP contribution in [0.15, 0.2) is 18.2 Å². The van der Waals surface area contributed by atoms with Gasteiger partial charge in [0.15, 0.2) is 4.77 Å². The zero-order valence-electron chi connectivity index (χ0n) is 10.9. The van der Waals surface area contributed by atoms with E-state index in [9.17, 15) is 4.39 Å². The molecule has 1 aromatic carbocycles. The number of nitrogens with one attached hydrogen (secondary N) is 1. The molecule has 3 nitrogen and oxygen atoms in total. The molecule has 2 heterocycles. The smallest absolute Gasteiger partial charge is 0.178 e. The highest BCUT2D eigenvalue weighted by Crippen LogP contribution is 2.33. The van der Waals surface area contributed by atoms with Gasteiger partial charge in [-0.15, -0.1) is 0 Å². The second kappa shape index (κ2) is 4.72. The van der Waals surface area contributed by atoms with Crippen LogP contribution in [-0.2, 0) is 11.3 Å². The minimum absolute atomic E-state index is 0.165. The van der Waals surface area contributed by atoms with E-state index >= 15 is 0 Å².